The van der Waals surface area contributed by atoms with Crippen LogP contribution in [-0.2, 0) is 16.9 Å². The molecule has 0 unspecified atom stereocenters. The lowest BCUT2D eigenvalue weighted by Crippen LogP contribution is -2.39. The second-order valence-electron chi connectivity index (χ2n) is 6.51. The summed E-state index contributed by atoms with van der Waals surface area (Å²) < 4.78 is 0.708. The van der Waals surface area contributed by atoms with Gasteiger partial charge in [-0.1, -0.05) is 48.0 Å². The van der Waals surface area contributed by atoms with Gasteiger partial charge < -0.3 is 10.0 Å². The van der Waals surface area contributed by atoms with Crippen molar-refractivity contribution in [2.24, 2.45) is 5.92 Å². The van der Waals surface area contributed by atoms with E-state index in [1.165, 1.54) is 11.3 Å². The molecule has 1 aromatic carbocycles. The van der Waals surface area contributed by atoms with E-state index in [0.29, 0.717) is 17.4 Å². The zero-order valence-corrected chi connectivity index (χ0v) is 15.6. The number of thiophene rings is 1. The lowest BCUT2D eigenvalue weighted by molar-refractivity contribution is -0.138. The molecule has 1 fully saturated rings. The lowest BCUT2D eigenvalue weighted by atomic mass is 9.85. The van der Waals surface area contributed by atoms with Gasteiger partial charge in [0.25, 0.3) is 0 Å². The van der Waals surface area contributed by atoms with Crippen molar-refractivity contribution >= 4 is 28.8 Å². The molecule has 0 bridgehead atoms. The maximum absolute atomic E-state index is 13.0. The average Bonchev–Trinajstić information content (AvgIpc) is 3.39. The van der Waals surface area contributed by atoms with Crippen LogP contribution in [0.3, 0.4) is 0 Å². The Hall–Kier alpha value is -1.62. The van der Waals surface area contributed by atoms with Gasteiger partial charge in [0, 0.05) is 11.4 Å². The van der Waals surface area contributed by atoms with E-state index in [1.54, 1.807) is 11.0 Å². The maximum Gasteiger partial charge on any atom is 0.226 e. The molecular weight excluding hydrogens is 354 g/mol. The summed E-state index contributed by atoms with van der Waals surface area (Å²) in [5.41, 5.74) is -0.270. The number of hydrogen-bond acceptors (Lipinski definition) is 3. The molecule has 0 radical (unpaired) electrons. The standard InChI is InChI=1S/C20H22ClNO2S/c1-2-12-22(14-17-10-11-18(21)25-17)19(23)13-20(24,16-8-9-16)15-6-4-3-5-7-15/h2-7,10-11,16,24H,1,8-9,12-14H2/t20-/m1/s1. The van der Waals surface area contributed by atoms with Crippen LogP contribution >= 0.6 is 22.9 Å². The summed E-state index contributed by atoms with van der Waals surface area (Å²) in [5.74, 6) is 0.0864. The van der Waals surface area contributed by atoms with E-state index >= 15 is 0 Å². The normalized spacial score (nSPS) is 16.2. The molecule has 1 heterocycles. The zero-order chi connectivity index (χ0) is 17.9. The Balaban J connectivity index is 1.77. The molecule has 1 atom stereocenters. The molecule has 1 aliphatic rings. The highest BCUT2D eigenvalue weighted by Crippen LogP contribution is 2.48. The van der Waals surface area contributed by atoms with E-state index in [4.69, 9.17) is 11.6 Å². The summed E-state index contributed by atoms with van der Waals surface area (Å²) in [5, 5.41) is 11.3. The summed E-state index contributed by atoms with van der Waals surface area (Å²) in [7, 11) is 0. The predicted octanol–water partition coefficient (Wildman–Crippen LogP) is 4.60. The van der Waals surface area contributed by atoms with Crippen LogP contribution in [0.25, 0.3) is 0 Å². The van der Waals surface area contributed by atoms with Gasteiger partial charge in [-0.25, -0.2) is 0 Å². The summed E-state index contributed by atoms with van der Waals surface area (Å²) in [6.07, 6.45) is 3.72. The molecule has 2 aromatic rings. The number of hydrogen-bond donors (Lipinski definition) is 1. The van der Waals surface area contributed by atoms with Crippen molar-refractivity contribution in [1.29, 1.82) is 0 Å². The molecule has 25 heavy (non-hydrogen) atoms. The monoisotopic (exact) mass is 375 g/mol. The Morgan fingerprint density at radius 1 is 1.32 bits per heavy atom. The third kappa shape index (κ3) is 4.32. The van der Waals surface area contributed by atoms with Crippen LogP contribution in [0.15, 0.2) is 55.1 Å². The van der Waals surface area contributed by atoms with Crippen LogP contribution in [0.5, 0.6) is 0 Å². The molecular formula is C20H22ClNO2S. The minimum absolute atomic E-state index is 0.0670. The smallest absolute Gasteiger partial charge is 0.226 e. The number of amides is 1. The molecule has 5 heteroatoms. The van der Waals surface area contributed by atoms with Gasteiger partial charge in [0.1, 0.15) is 5.60 Å². The molecule has 132 valence electrons. The Morgan fingerprint density at radius 3 is 2.60 bits per heavy atom. The van der Waals surface area contributed by atoms with Crippen molar-refractivity contribution in [2.75, 3.05) is 6.54 Å². The third-order valence-electron chi connectivity index (χ3n) is 4.62. The first-order valence-electron chi connectivity index (χ1n) is 8.43. The quantitative estimate of drug-likeness (QED) is 0.685. The van der Waals surface area contributed by atoms with Gasteiger partial charge in [0.2, 0.25) is 5.91 Å². The Labute approximate surface area is 157 Å². The van der Waals surface area contributed by atoms with E-state index in [-0.39, 0.29) is 18.2 Å². The van der Waals surface area contributed by atoms with Crippen LogP contribution in [-0.4, -0.2) is 22.5 Å². The van der Waals surface area contributed by atoms with Gasteiger partial charge in [-0.15, -0.1) is 17.9 Å². The fraction of sp³-hybridized carbons (Fsp3) is 0.350. The van der Waals surface area contributed by atoms with Crippen LogP contribution < -0.4 is 0 Å². The molecule has 1 N–H and O–H groups in total. The lowest BCUT2D eigenvalue weighted by Gasteiger charge is -2.31. The molecule has 3 nitrogen and oxygen atoms in total. The summed E-state index contributed by atoms with van der Waals surface area (Å²) in [6.45, 7) is 4.68. The van der Waals surface area contributed by atoms with E-state index in [1.807, 2.05) is 42.5 Å². The third-order valence-corrected chi connectivity index (χ3v) is 5.84. The average molecular weight is 376 g/mol. The van der Waals surface area contributed by atoms with Crippen molar-refractivity contribution in [3.05, 3.63) is 69.9 Å². The molecule has 1 aromatic heterocycles. The summed E-state index contributed by atoms with van der Waals surface area (Å²) in [4.78, 5) is 15.7. The summed E-state index contributed by atoms with van der Waals surface area (Å²) >= 11 is 7.46. The minimum Gasteiger partial charge on any atom is -0.384 e. The van der Waals surface area contributed by atoms with Crippen LogP contribution in [0.1, 0.15) is 29.7 Å². The van der Waals surface area contributed by atoms with E-state index in [9.17, 15) is 9.90 Å². The fourth-order valence-electron chi connectivity index (χ4n) is 3.15. The van der Waals surface area contributed by atoms with Gasteiger partial charge in [-0.2, -0.15) is 0 Å². The van der Waals surface area contributed by atoms with Crippen molar-refractivity contribution in [2.45, 2.75) is 31.4 Å². The van der Waals surface area contributed by atoms with E-state index < -0.39 is 5.60 Å². The molecule has 0 aliphatic heterocycles. The Bertz CT molecular complexity index is 741. The zero-order valence-electron chi connectivity index (χ0n) is 14.0. The molecule has 0 saturated heterocycles. The summed E-state index contributed by atoms with van der Waals surface area (Å²) in [6, 6.07) is 13.3. The second-order valence-corrected chi connectivity index (χ2v) is 8.31. The first-order valence-corrected chi connectivity index (χ1v) is 9.63. The number of benzene rings is 1. The molecule has 3 rings (SSSR count). The van der Waals surface area contributed by atoms with Crippen molar-refractivity contribution in [3.63, 3.8) is 0 Å². The molecule has 1 amide bonds. The first kappa shape index (κ1) is 18.2. The number of halogens is 1. The number of nitrogens with zero attached hydrogens (tertiary/aromatic N) is 1. The SMILES string of the molecule is C=CCN(Cc1ccc(Cl)s1)C(=O)C[C@@](O)(c1ccccc1)C1CC1. The van der Waals surface area contributed by atoms with Crippen molar-refractivity contribution in [3.8, 4) is 0 Å². The second kappa shape index (κ2) is 7.73. The fourth-order valence-corrected chi connectivity index (χ4v) is 4.25. The highest BCUT2D eigenvalue weighted by atomic mass is 35.5. The van der Waals surface area contributed by atoms with E-state index in [0.717, 1.165) is 23.3 Å². The van der Waals surface area contributed by atoms with Crippen LogP contribution in [0.4, 0.5) is 0 Å². The van der Waals surface area contributed by atoms with Gasteiger partial charge in [-0.05, 0) is 36.5 Å². The van der Waals surface area contributed by atoms with Crippen LogP contribution in [0, 0.1) is 5.92 Å². The van der Waals surface area contributed by atoms with Gasteiger partial charge in [0.05, 0.1) is 17.3 Å². The highest BCUT2D eigenvalue weighted by Gasteiger charge is 2.46. The minimum atomic E-state index is -1.09. The number of carbonyl (C=O) groups is 1. The van der Waals surface area contributed by atoms with E-state index in [2.05, 4.69) is 6.58 Å². The maximum atomic E-state index is 13.0. The van der Waals surface area contributed by atoms with Crippen molar-refractivity contribution in [1.82, 2.24) is 4.90 Å². The first-order chi connectivity index (χ1) is 12.0. The van der Waals surface area contributed by atoms with Crippen molar-refractivity contribution < 1.29 is 9.90 Å². The van der Waals surface area contributed by atoms with Gasteiger partial charge >= 0.3 is 0 Å². The topological polar surface area (TPSA) is 40.5 Å². The predicted molar refractivity (Wildman–Crippen MR) is 103 cm³/mol. The highest BCUT2D eigenvalue weighted by molar-refractivity contribution is 7.16. The largest absolute Gasteiger partial charge is 0.384 e. The Kier molecular flexibility index (Phi) is 5.62. The van der Waals surface area contributed by atoms with Crippen LogP contribution in [0.2, 0.25) is 4.34 Å². The number of carbonyl (C=O) groups excluding carboxylic acids is 1. The molecule has 0 spiro atoms. The number of aliphatic hydroxyl groups is 1. The number of rotatable bonds is 8. The molecule has 1 aliphatic carbocycles. The Morgan fingerprint density at radius 2 is 2.04 bits per heavy atom. The van der Waals surface area contributed by atoms with Gasteiger partial charge in [0.15, 0.2) is 0 Å². The molecule has 1 saturated carbocycles. The van der Waals surface area contributed by atoms with Gasteiger partial charge in [-0.3, -0.25) is 4.79 Å².